The van der Waals surface area contributed by atoms with Crippen LogP contribution in [-0.2, 0) is 11.2 Å². The van der Waals surface area contributed by atoms with Crippen molar-refractivity contribution in [2.24, 2.45) is 5.92 Å². The summed E-state index contributed by atoms with van der Waals surface area (Å²) >= 11 is 0. The van der Waals surface area contributed by atoms with Crippen LogP contribution in [0.4, 0.5) is 11.7 Å². The molecule has 1 fully saturated rings. The maximum atomic E-state index is 12.5. The van der Waals surface area contributed by atoms with Crippen LogP contribution in [0, 0.1) is 5.92 Å². The Bertz CT molecular complexity index is 1170. The van der Waals surface area contributed by atoms with Crippen molar-refractivity contribution in [3.05, 3.63) is 65.5 Å². The Kier molecular flexibility index (Phi) is 6.16. The molecule has 176 valence electrons. The van der Waals surface area contributed by atoms with Crippen LogP contribution in [0.25, 0.3) is 0 Å². The number of carbonyl (C=O) groups excluding carboxylic acids is 1. The number of carbonyl (C=O) groups is 2. The average molecular weight is 463 g/mol. The molecule has 0 bridgehead atoms. The standard InChI is InChI=1S/C25H26N4O5/c30-22(23-28-29-25(34-23)27-21-14-7-15-3-1-2-4-20(15)21)26-17-8-12-19(13-9-17)33-18-10-5-16(6-11-18)24(31)32/h1-4,8-9,12-13,16,18,21H,5-7,10-11,14H2,(H,26,30)(H,27,29)(H,31,32)/t16?,18?,21-/m1/s1. The van der Waals surface area contributed by atoms with Gasteiger partial charge < -0.3 is 24.9 Å². The van der Waals surface area contributed by atoms with Gasteiger partial charge in [0.15, 0.2) is 0 Å². The van der Waals surface area contributed by atoms with Crippen LogP contribution in [0.1, 0.15) is 60.0 Å². The summed E-state index contributed by atoms with van der Waals surface area (Å²) in [5.74, 6) is -0.936. The molecule has 1 aromatic heterocycles. The van der Waals surface area contributed by atoms with Gasteiger partial charge in [-0.2, -0.15) is 0 Å². The van der Waals surface area contributed by atoms with Crippen LogP contribution >= 0.6 is 0 Å². The van der Waals surface area contributed by atoms with E-state index in [9.17, 15) is 9.59 Å². The van der Waals surface area contributed by atoms with Gasteiger partial charge in [0.05, 0.1) is 18.1 Å². The minimum absolute atomic E-state index is 0.00666. The van der Waals surface area contributed by atoms with Crippen molar-refractivity contribution in [1.82, 2.24) is 10.2 Å². The molecule has 1 atom stereocenters. The number of aryl methyl sites for hydroxylation is 1. The highest BCUT2D eigenvalue weighted by molar-refractivity contribution is 6.00. The number of fused-ring (bicyclic) bond motifs is 1. The number of nitrogens with one attached hydrogen (secondary N) is 2. The fourth-order valence-corrected chi connectivity index (χ4v) is 4.65. The zero-order valence-electron chi connectivity index (χ0n) is 18.6. The number of carboxylic acids is 1. The van der Waals surface area contributed by atoms with Gasteiger partial charge in [-0.15, -0.1) is 5.10 Å². The number of carboxylic acid groups (broad SMARTS) is 1. The molecule has 0 aliphatic heterocycles. The van der Waals surface area contributed by atoms with Gasteiger partial charge in [-0.3, -0.25) is 9.59 Å². The molecule has 3 N–H and O–H groups in total. The SMILES string of the molecule is O=C(Nc1ccc(OC2CCC(C(=O)O)CC2)cc1)c1nnc(N[C@@H]2CCc3ccccc32)o1. The zero-order chi connectivity index (χ0) is 23.5. The van der Waals surface area contributed by atoms with Crippen molar-refractivity contribution in [3.8, 4) is 5.75 Å². The first-order chi connectivity index (χ1) is 16.5. The third kappa shape index (κ3) is 4.88. The molecule has 34 heavy (non-hydrogen) atoms. The van der Waals surface area contributed by atoms with E-state index in [0.29, 0.717) is 24.3 Å². The van der Waals surface area contributed by atoms with E-state index in [4.69, 9.17) is 14.3 Å². The maximum absolute atomic E-state index is 12.5. The van der Waals surface area contributed by atoms with Crippen LogP contribution in [0.2, 0.25) is 0 Å². The summed E-state index contributed by atoms with van der Waals surface area (Å²) < 4.78 is 11.5. The van der Waals surface area contributed by atoms with Crippen LogP contribution in [0.3, 0.4) is 0 Å². The number of amides is 1. The quantitative estimate of drug-likeness (QED) is 0.470. The van der Waals surface area contributed by atoms with Gasteiger partial charge >= 0.3 is 23.8 Å². The van der Waals surface area contributed by atoms with Crippen molar-refractivity contribution in [1.29, 1.82) is 0 Å². The summed E-state index contributed by atoms with van der Waals surface area (Å²) in [6.07, 6.45) is 4.61. The third-order valence-electron chi connectivity index (χ3n) is 6.49. The lowest BCUT2D eigenvalue weighted by Crippen LogP contribution is -2.27. The van der Waals surface area contributed by atoms with Gasteiger partial charge in [0.1, 0.15) is 5.75 Å². The molecule has 2 aliphatic rings. The summed E-state index contributed by atoms with van der Waals surface area (Å²) in [6, 6.07) is 15.6. The number of hydrogen-bond acceptors (Lipinski definition) is 7. The molecule has 2 aromatic carbocycles. The number of hydrogen-bond donors (Lipinski definition) is 3. The van der Waals surface area contributed by atoms with Crippen LogP contribution in [-0.4, -0.2) is 33.3 Å². The Hall–Kier alpha value is -3.88. The minimum Gasteiger partial charge on any atom is -0.490 e. The van der Waals surface area contributed by atoms with Gasteiger partial charge in [-0.25, -0.2) is 0 Å². The first kappa shape index (κ1) is 21.9. The number of benzene rings is 2. The van der Waals surface area contributed by atoms with Gasteiger partial charge in [-0.05, 0) is 73.9 Å². The van der Waals surface area contributed by atoms with Crippen molar-refractivity contribution < 1.29 is 23.8 Å². The first-order valence-electron chi connectivity index (χ1n) is 11.5. The van der Waals surface area contributed by atoms with Crippen LogP contribution in [0.5, 0.6) is 5.75 Å². The van der Waals surface area contributed by atoms with E-state index in [1.165, 1.54) is 11.1 Å². The normalized spacial score (nSPS) is 21.5. The zero-order valence-corrected chi connectivity index (χ0v) is 18.6. The fourth-order valence-electron chi connectivity index (χ4n) is 4.65. The maximum Gasteiger partial charge on any atom is 0.316 e. The third-order valence-corrected chi connectivity index (χ3v) is 6.49. The van der Waals surface area contributed by atoms with Gasteiger partial charge in [0, 0.05) is 5.69 Å². The Morgan fingerprint density at radius 3 is 2.50 bits per heavy atom. The van der Waals surface area contributed by atoms with E-state index >= 15 is 0 Å². The largest absolute Gasteiger partial charge is 0.490 e. The smallest absolute Gasteiger partial charge is 0.316 e. The molecule has 5 rings (SSSR count). The number of ether oxygens (including phenoxy) is 1. The molecule has 2 aliphatic carbocycles. The second-order valence-corrected chi connectivity index (χ2v) is 8.76. The van der Waals surface area contributed by atoms with E-state index in [1.54, 1.807) is 24.3 Å². The summed E-state index contributed by atoms with van der Waals surface area (Å²) in [6.45, 7) is 0. The Morgan fingerprint density at radius 1 is 0.971 bits per heavy atom. The van der Waals surface area contributed by atoms with E-state index in [1.807, 2.05) is 12.1 Å². The topological polar surface area (TPSA) is 127 Å². The second kappa shape index (κ2) is 9.54. The lowest BCUT2D eigenvalue weighted by molar-refractivity contribution is -0.143. The predicted molar refractivity (Wildman–Crippen MR) is 124 cm³/mol. The van der Waals surface area contributed by atoms with Gasteiger partial charge in [-0.1, -0.05) is 29.4 Å². The first-order valence-corrected chi connectivity index (χ1v) is 11.5. The van der Waals surface area contributed by atoms with Crippen molar-refractivity contribution in [2.45, 2.75) is 50.7 Å². The average Bonchev–Trinajstić information content (AvgIpc) is 3.49. The molecule has 3 aromatic rings. The Balaban J connectivity index is 1.13. The molecule has 0 saturated heterocycles. The lowest BCUT2D eigenvalue weighted by Gasteiger charge is -2.26. The molecule has 9 heteroatoms. The van der Waals surface area contributed by atoms with E-state index in [-0.39, 0.29) is 30.0 Å². The summed E-state index contributed by atoms with van der Waals surface area (Å²) in [4.78, 5) is 23.6. The van der Waals surface area contributed by atoms with Gasteiger partial charge in [0.2, 0.25) is 0 Å². The van der Waals surface area contributed by atoms with Crippen molar-refractivity contribution in [3.63, 3.8) is 0 Å². The van der Waals surface area contributed by atoms with Crippen molar-refractivity contribution in [2.75, 3.05) is 10.6 Å². The lowest BCUT2D eigenvalue weighted by atomic mass is 9.87. The summed E-state index contributed by atoms with van der Waals surface area (Å²) in [5.41, 5.74) is 3.09. The molecule has 1 amide bonds. The number of rotatable bonds is 7. The number of nitrogens with zero attached hydrogens (tertiary/aromatic N) is 2. The Morgan fingerprint density at radius 2 is 1.74 bits per heavy atom. The molecule has 1 saturated carbocycles. The van der Waals surface area contributed by atoms with E-state index in [0.717, 1.165) is 25.7 Å². The van der Waals surface area contributed by atoms with Crippen LogP contribution < -0.4 is 15.4 Å². The number of aliphatic carboxylic acids is 1. The molecular formula is C25H26N4O5. The molecule has 0 unspecified atom stereocenters. The molecule has 0 radical (unpaired) electrons. The molecular weight excluding hydrogens is 436 g/mol. The second-order valence-electron chi connectivity index (χ2n) is 8.76. The minimum atomic E-state index is -0.730. The highest BCUT2D eigenvalue weighted by Crippen LogP contribution is 2.33. The number of anilines is 2. The summed E-state index contributed by atoms with van der Waals surface area (Å²) in [7, 11) is 0. The predicted octanol–water partition coefficient (Wildman–Crippen LogP) is 4.44. The van der Waals surface area contributed by atoms with Gasteiger partial charge in [0.25, 0.3) is 0 Å². The molecule has 9 nitrogen and oxygen atoms in total. The summed E-state index contributed by atoms with van der Waals surface area (Å²) in [5, 5.41) is 22.9. The fraction of sp³-hybridized carbons (Fsp3) is 0.360. The monoisotopic (exact) mass is 462 g/mol. The molecule has 1 heterocycles. The highest BCUT2D eigenvalue weighted by Gasteiger charge is 2.27. The van der Waals surface area contributed by atoms with Crippen LogP contribution in [0.15, 0.2) is 52.9 Å². The highest BCUT2D eigenvalue weighted by atomic mass is 16.5. The van der Waals surface area contributed by atoms with Crippen molar-refractivity contribution >= 4 is 23.6 Å². The van der Waals surface area contributed by atoms with E-state index in [2.05, 4.69) is 33.0 Å². The van der Waals surface area contributed by atoms with E-state index < -0.39 is 11.9 Å². The Labute approximate surface area is 196 Å². The number of aromatic nitrogens is 2. The molecule has 0 spiro atoms.